The van der Waals surface area contributed by atoms with Crippen molar-refractivity contribution >= 4 is 16.5 Å². The quantitative estimate of drug-likeness (QED) is 0.884. The molecule has 1 saturated heterocycles. The topological polar surface area (TPSA) is 49.5 Å². The number of hydrogen-bond acceptors (Lipinski definition) is 3. The standard InChI is InChI=1S/C16H20N2O/c17-9-13-5-6-16(15-4-2-1-3-14(13)15)18-8-7-12(10-18)11-19/h1-6,12,19H,7-11,17H2. The second-order valence-corrected chi connectivity index (χ2v) is 5.28. The molecule has 0 spiro atoms. The van der Waals surface area contributed by atoms with E-state index in [1.807, 2.05) is 0 Å². The second-order valence-electron chi connectivity index (χ2n) is 5.28. The molecule has 3 heteroatoms. The molecule has 1 fully saturated rings. The summed E-state index contributed by atoms with van der Waals surface area (Å²) in [6.45, 7) is 2.83. The van der Waals surface area contributed by atoms with Crippen molar-refractivity contribution in [2.75, 3.05) is 24.6 Å². The number of hydrogen-bond donors (Lipinski definition) is 2. The van der Waals surface area contributed by atoms with Crippen molar-refractivity contribution in [3.63, 3.8) is 0 Å². The zero-order valence-corrected chi connectivity index (χ0v) is 11.0. The molecule has 3 N–H and O–H groups in total. The first kappa shape index (κ1) is 12.5. The van der Waals surface area contributed by atoms with E-state index < -0.39 is 0 Å². The van der Waals surface area contributed by atoms with Crippen LogP contribution in [0.1, 0.15) is 12.0 Å². The van der Waals surface area contributed by atoms with Gasteiger partial charge < -0.3 is 15.7 Å². The van der Waals surface area contributed by atoms with Gasteiger partial charge in [0.1, 0.15) is 0 Å². The van der Waals surface area contributed by atoms with Crippen LogP contribution in [0.25, 0.3) is 10.8 Å². The highest BCUT2D eigenvalue weighted by atomic mass is 16.3. The van der Waals surface area contributed by atoms with Crippen LogP contribution in [-0.2, 0) is 6.54 Å². The zero-order valence-electron chi connectivity index (χ0n) is 11.0. The molecule has 3 nitrogen and oxygen atoms in total. The van der Waals surface area contributed by atoms with Gasteiger partial charge in [0.2, 0.25) is 0 Å². The third-order valence-electron chi connectivity index (χ3n) is 4.10. The maximum absolute atomic E-state index is 9.28. The number of nitrogens with two attached hydrogens (primary N) is 1. The van der Waals surface area contributed by atoms with Crippen molar-refractivity contribution < 1.29 is 5.11 Å². The smallest absolute Gasteiger partial charge is 0.0476 e. The van der Waals surface area contributed by atoms with Gasteiger partial charge >= 0.3 is 0 Å². The van der Waals surface area contributed by atoms with Gasteiger partial charge in [0, 0.05) is 43.2 Å². The SMILES string of the molecule is NCc1ccc(N2CCC(CO)C2)c2ccccc12. The molecule has 3 rings (SSSR count). The molecule has 0 amide bonds. The van der Waals surface area contributed by atoms with E-state index in [2.05, 4.69) is 41.3 Å². The zero-order chi connectivity index (χ0) is 13.2. The van der Waals surface area contributed by atoms with Gasteiger partial charge in [0.15, 0.2) is 0 Å². The van der Waals surface area contributed by atoms with E-state index in [1.165, 1.54) is 22.0 Å². The van der Waals surface area contributed by atoms with Gasteiger partial charge in [0.05, 0.1) is 0 Å². The molecule has 0 radical (unpaired) electrons. The molecule has 2 aromatic carbocycles. The predicted molar refractivity (Wildman–Crippen MR) is 79.2 cm³/mol. The van der Waals surface area contributed by atoms with Crippen molar-refractivity contribution in [2.45, 2.75) is 13.0 Å². The van der Waals surface area contributed by atoms with Gasteiger partial charge in [-0.15, -0.1) is 0 Å². The van der Waals surface area contributed by atoms with E-state index >= 15 is 0 Å². The van der Waals surface area contributed by atoms with Crippen molar-refractivity contribution in [1.29, 1.82) is 0 Å². The normalized spacial score (nSPS) is 19.3. The Bertz CT molecular complexity index is 582. The van der Waals surface area contributed by atoms with E-state index in [9.17, 15) is 5.11 Å². The lowest BCUT2D eigenvalue weighted by molar-refractivity contribution is 0.238. The lowest BCUT2D eigenvalue weighted by Gasteiger charge is -2.21. The Kier molecular flexibility index (Phi) is 3.40. The highest BCUT2D eigenvalue weighted by Gasteiger charge is 2.23. The van der Waals surface area contributed by atoms with Gasteiger partial charge in [0.25, 0.3) is 0 Å². The number of rotatable bonds is 3. The molecule has 1 atom stereocenters. The van der Waals surface area contributed by atoms with Crippen LogP contribution in [0, 0.1) is 5.92 Å². The first-order valence-electron chi connectivity index (χ1n) is 6.90. The summed E-state index contributed by atoms with van der Waals surface area (Å²) in [6, 6.07) is 12.7. The van der Waals surface area contributed by atoms with Gasteiger partial charge in [-0.1, -0.05) is 30.3 Å². The minimum Gasteiger partial charge on any atom is -0.396 e. The van der Waals surface area contributed by atoms with Crippen LogP contribution >= 0.6 is 0 Å². The highest BCUT2D eigenvalue weighted by Crippen LogP contribution is 2.32. The predicted octanol–water partition coefficient (Wildman–Crippen LogP) is 2.12. The fraction of sp³-hybridized carbons (Fsp3) is 0.375. The number of benzene rings is 2. The molecular formula is C16H20N2O. The lowest BCUT2D eigenvalue weighted by atomic mass is 10.0. The van der Waals surface area contributed by atoms with Crippen molar-refractivity contribution in [3.05, 3.63) is 42.0 Å². The Balaban J connectivity index is 2.05. The van der Waals surface area contributed by atoms with Gasteiger partial charge in [-0.3, -0.25) is 0 Å². The monoisotopic (exact) mass is 256 g/mol. The number of anilines is 1. The number of aliphatic hydroxyl groups is 1. The first-order chi connectivity index (χ1) is 9.33. The number of fused-ring (bicyclic) bond motifs is 1. The fourth-order valence-electron chi connectivity index (χ4n) is 3.00. The minimum absolute atomic E-state index is 0.287. The molecule has 1 aliphatic heterocycles. The average Bonchev–Trinajstić information content (AvgIpc) is 2.95. The van der Waals surface area contributed by atoms with Crippen LogP contribution in [0.3, 0.4) is 0 Å². The third-order valence-corrected chi connectivity index (χ3v) is 4.10. The van der Waals surface area contributed by atoms with Crippen LogP contribution in [0.4, 0.5) is 5.69 Å². The largest absolute Gasteiger partial charge is 0.396 e. The van der Waals surface area contributed by atoms with Gasteiger partial charge in [-0.25, -0.2) is 0 Å². The van der Waals surface area contributed by atoms with Crippen LogP contribution in [-0.4, -0.2) is 24.8 Å². The third kappa shape index (κ3) is 2.20. The van der Waals surface area contributed by atoms with Gasteiger partial charge in [-0.2, -0.15) is 0 Å². The summed E-state index contributed by atoms with van der Waals surface area (Å²) in [5.41, 5.74) is 8.28. The highest BCUT2D eigenvalue weighted by molar-refractivity contribution is 5.96. The molecule has 1 aliphatic rings. The molecule has 100 valence electrons. The molecule has 2 aromatic rings. The molecule has 1 unspecified atom stereocenters. The minimum atomic E-state index is 0.287. The summed E-state index contributed by atoms with van der Waals surface area (Å²) in [5.74, 6) is 0.410. The van der Waals surface area contributed by atoms with Crippen LogP contribution < -0.4 is 10.6 Å². The van der Waals surface area contributed by atoms with E-state index in [4.69, 9.17) is 5.73 Å². The maximum atomic E-state index is 9.28. The van der Waals surface area contributed by atoms with E-state index in [1.54, 1.807) is 0 Å². The Morgan fingerprint density at radius 3 is 2.63 bits per heavy atom. The van der Waals surface area contributed by atoms with E-state index in [0.717, 1.165) is 19.5 Å². The van der Waals surface area contributed by atoms with E-state index in [-0.39, 0.29) is 6.61 Å². The van der Waals surface area contributed by atoms with Gasteiger partial charge in [-0.05, 0) is 23.4 Å². The Labute approximate surface area is 113 Å². The number of nitrogens with zero attached hydrogens (tertiary/aromatic N) is 1. The Morgan fingerprint density at radius 1 is 1.16 bits per heavy atom. The molecule has 0 saturated carbocycles. The summed E-state index contributed by atoms with van der Waals surface area (Å²) in [6.07, 6.45) is 1.07. The molecule has 0 aliphatic carbocycles. The molecule has 1 heterocycles. The Hall–Kier alpha value is -1.58. The van der Waals surface area contributed by atoms with Crippen LogP contribution in [0.5, 0.6) is 0 Å². The van der Waals surface area contributed by atoms with Crippen molar-refractivity contribution in [3.8, 4) is 0 Å². The summed E-state index contributed by atoms with van der Waals surface area (Å²) in [5, 5.41) is 11.8. The fourth-order valence-corrected chi connectivity index (χ4v) is 3.00. The average molecular weight is 256 g/mol. The molecule has 19 heavy (non-hydrogen) atoms. The van der Waals surface area contributed by atoms with Crippen LogP contribution in [0.15, 0.2) is 36.4 Å². The molecular weight excluding hydrogens is 236 g/mol. The number of aliphatic hydroxyl groups excluding tert-OH is 1. The van der Waals surface area contributed by atoms with Crippen molar-refractivity contribution in [2.24, 2.45) is 11.7 Å². The summed E-state index contributed by atoms with van der Waals surface area (Å²) in [4.78, 5) is 2.38. The lowest BCUT2D eigenvalue weighted by Crippen LogP contribution is -2.21. The summed E-state index contributed by atoms with van der Waals surface area (Å²) >= 11 is 0. The van der Waals surface area contributed by atoms with Crippen molar-refractivity contribution in [1.82, 2.24) is 0 Å². The summed E-state index contributed by atoms with van der Waals surface area (Å²) in [7, 11) is 0. The van der Waals surface area contributed by atoms with E-state index in [0.29, 0.717) is 12.5 Å². The second kappa shape index (κ2) is 5.19. The summed E-state index contributed by atoms with van der Waals surface area (Å²) < 4.78 is 0. The van der Waals surface area contributed by atoms with Crippen LogP contribution in [0.2, 0.25) is 0 Å². The molecule has 0 bridgehead atoms. The Morgan fingerprint density at radius 2 is 1.95 bits per heavy atom. The molecule has 0 aromatic heterocycles. The first-order valence-corrected chi connectivity index (χ1v) is 6.90. The maximum Gasteiger partial charge on any atom is 0.0476 e.